The van der Waals surface area contributed by atoms with Crippen molar-refractivity contribution in [2.24, 2.45) is 5.73 Å². The summed E-state index contributed by atoms with van der Waals surface area (Å²) in [4.78, 5) is 5.66. The zero-order chi connectivity index (χ0) is 13.3. The molecule has 102 valence electrons. The highest BCUT2D eigenvalue weighted by Crippen LogP contribution is 2.36. The summed E-state index contributed by atoms with van der Waals surface area (Å²) in [5.74, 6) is 1.02. The van der Waals surface area contributed by atoms with Gasteiger partial charge in [-0.25, -0.2) is 4.98 Å². The Hall–Kier alpha value is -1.17. The van der Waals surface area contributed by atoms with Crippen LogP contribution in [0.2, 0.25) is 0 Å². The van der Waals surface area contributed by atoms with Crippen LogP contribution in [0.3, 0.4) is 0 Å². The summed E-state index contributed by atoms with van der Waals surface area (Å²) in [6, 6.07) is 4.47. The smallest absolute Gasteiger partial charge is 0.150 e. The van der Waals surface area contributed by atoms with Crippen molar-refractivity contribution in [2.75, 3.05) is 6.61 Å². The molecule has 1 fully saturated rings. The fraction of sp³-hybridized carbons (Fsp3) is 0.500. The number of aliphatic hydroxyl groups is 1. The summed E-state index contributed by atoms with van der Waals surface area (Å²) in [5.41, 5.74) is 5.81. The predicted molar refractivity (Wildman–Crippen MR) is 77.0 cm³/mol. The highest BCUT2D eigenvalue weighted by Gasteiger charge is 2.33. The van der Waals surface area contributed by atoms with E-state index in [1.165, 1.54) is 4.88 Å². The Labute approximate surface area is 116 Å². The fourth-order valence-corrected chi connectivity index (χ4v) is 3.67. The summed E-state index contributed by atoms with van der Waals surface area (Å²) in [5, 5.41) is 11.5. The maximum Gasteiger partial charge on any atom is 0.150 e. The lowest BCUT2D eigenvalue weighted by molar-refractivity contribution is 0.131. The zero-order valence-corrected chi connectivity index (χ0v) is 11.6. The van der Waals surface area contributed by atoms with Crippen LogP contribution < -0.4 is 5.73 Å². The number of aliphatic hydroxyl groups excluding tert-OH is 1. The standard InChI is InChI=1S/C14H19N3OS/c15-14(10-18)5-1-3-11(9-14)17-7-6-16-13(17)12-4-2-8-19-12/h2,4,6-8,11,18H,1,3,5,9-10,15H2. The molecular weight excluding hydrogens is 258 g/mol. The number of nitrogens with zero attached hydrogens (tertiary/aromatic N) is 2. The molecule has 2 heterocycles. The van der Waals surface area contributed by atoms with Gasteiger partial charge in [0.1, 0.15) is 5.82 Å². The predicted octanol–water partition coefficient (Wildman–Crippen LogP) is 2.42. The molecule has 3 N–H and O–H groups in total. The van der Waals surface area contributed by atoms with E-state index in [0.29, 0.717) is 6.04 Å². The average molecular weight is 277 g/mol. The minimum Gasteiger partial charge on any atom is -0.394 e. The highest BCUT2D eigenvalue weighted by molar-refractivity contribution is 7.13. The topological polar surface area (TPSA) is 64.1 Å². The van der Waals surface area contributed by atoms with E-state index in [-0.39, 0.29) is 6.61 Å². The number of hydrogen-bond donors (Lipinski definition) is 2. The van der Waals surface area contributed by atoms with Crippen LogP contribution in [0.25, 0.3) is 10.7 Å². The number of nitrogens with two attached hydrogens (primary N) is 1. The van der Waals surface area contributed by atoms with Crippen molar-refractivity contribution < 1.29 is 5.11 Å². The summed E-state index contributed by atoms with van der Waals surface area (Å²) >= 11 is 1.70. The molecule has 0 amide bonds. The second kappa shape index (κ2) is 5.07. The van der Waals surface area contributed by atoms with Gasteiger partial charge < -0.3 is 15.4 Å². The van der Waals surface area contributed by atoms with E-state index >= 15 is 0 Å². The highest BCUT2D eigenvalue weighted by atomic mass is 32.1. The van der Waals surface area contributed by atoms with Crippen molar-refractivity contribution in [3.63, 3.8) is 0 Å². The van der Waals surface area contributed by atoms with Crippen LogP contribution in [0.15, 0.2) is 29.9 Å². The molecule has 2 aromatic rings. The van der Waals surface area contributed by atoms with Gasteiger partial charge in [0, 0.05) is 24.0 Å². The van der Waals surface area contributed by atoms with Gasteiger partial charge in [-0.15, -0.1) is 11.3 Å². The van der Waals surface area contributed by atoms with Crippen LogP contribution in [0, 0.1) is 0 Å². The Kier molecular flexibility index (Phi) is 3.43. The number of imidazole rings is 1. The van der Waals surface area contributed by atoms with Gasteiger partial charge >= 0.3 is 0 Å². The third kappa shape index (κ3) is 2.45. The van der Waals surface area contributed by atoms with E-state index in [2.05, 4.69) is 21.0 Å². The molecule has 2 atom stereocenters. The van der Waals surface area contributed by atoms with E-state index < -0.39 is 5.54 Å². The molecule has 0 aliphatic heterocycles. The molecule has 0 spiro atoms. The molecule has 0 radical (unpaired) electrons. The van der Waals surface area contributed by atoms with Gasteiger partial charge in [-0.1, -0.05) is 6.07 Å². The van der Waals surface area contributed by atoms with Gasteiger partial charge in [0.15, 0.2) is 0 Å². The third-order valence-electron chi connectivity index (χ3n) is 3.97. The first-order valence-corrected chi connectivity index (χ1v) is 7.56. The summed E-state index contributed by atoms with van der Waals surface area (Å²) in [6.45, 7) is 0.0620. The Morgan fingerprint density at radius 2 is 2.47 bits per heavy atom. The second-order valence-corrected chi connectivity index (χ2v) is 6.35. The normalized spacial score (nSPS) is 27.6. The minimum atomic E-state index is -0.431. The summed E-state index contributed by atoms with van der Waals surface area (Å²) in [7, 11) is 0. The molecule has 0 saturated heterocycles. The van der Waals surface area contributed by atoms with Gasteiger partial charge in [-0.05, 0) is 37.1 Å². The van der Waals surface area contributed by atoms with E-state index in [9.17, 15) is 5.11 Å². The molecule has 4 nitrogen and oxygen atoms in total. The Morgan fingerprint density at radius 3 is 3.21 bits per heavy atom. The van der Waals surface area contributed by atoms with E-state index in [1.54, 1.807) is 11.3 Å². The molecule has 19 heavy (non-hydrogen) atoms. The van der Waals surface area contributed by atoms with Crippen LogP contribution in [0.4, 0.5) is 0 Å². The Morgan fingerprint density at radius 1 is 1.58 bits per heavy atom. The zero-order valence-electron chi connectivity index (χ0n) is 10.8. The molecular formula is C14H19N3OS. The minimum absolute atomic E-state index is 0.0620. The van der Waals surface area contributed by atoms with Crippen molar-refractivity contribution in [3.05, 3.63) is 29.9 Å². The van der Waals surface area contributed by atoms with E-state index in [1.807, 2.05) is 18.5 Å². The molecule has 0 aromatic carbocycles. The number of aromatic nitrogens is 2. The first-order chi connectivity index (χ1) is 9.22. The molecule has 5 heteroatoms. The quantitative estimate of drug-likeness (QED) is 0.905. The summed E-state index contributed by atoms with van der Waals surface area (Å²) in [6.07, 6.45) is 7.77. The Bertz CT molecular complexity index is 537. The number of hydrogen-bond acceptors (Lipinski definition) is 4. The van der Waals surface area contributed by atoms with Crippen molar-refractivity contribution in [1.29, 1.82) is 0 Å². The number of rotatable bonds is 3. The lowest BCUT2D eigenvalue weighted by Gasteiger charge is -2.37. The maximum atomic E-state index is 9.47. The molecule has 1 aliphatic rings. The maximum absolute atomic E-state index is 9.47. The van der Waals surface area contributed by atoms with Gasteiger partial charge in [-0.3, -0.25) is 0 Å². The van der Waals surface area contributed by atoms with Crippen LogP contribution in [-0.2, 0) is 0 Å². The van der Waals surface area contributed by atoms with Crippen molar-refractivity contribution in [1.82, 2.24) is 9.55 Å². The lowest BCUT2D eigenvalue weighted by atomic mass is 9.80. The Balaban J connectivity index is 1.89. The second-order valence-electron chi connectivity index (χ2n) is 5.41. The van der Waals surface area contributed by atoms with E-state index in [4.69, 9.17) is 5.73 Å². The van der Waals surface area contributed by atoms with Crippen LogP contribution in [0.5, 0.6) is 0 Å². The fourth-order valence-electron chi connectivity index (χ4n) is 2.95. The van der Waals surface area contributed by atoms with Crippen LogP contribution in [-0.4, -0.2) is 26.8 Å². The van der Waals surface area contributed by atoms with E-state index in [0.717, 1.165) is 31.5 Å². The third-order valence-corrected chi connectivity index (χ3v) is 4.84. The largest absolute Gasteiger partial charge is 0.394 e. The monoisotopic (exact) mass is 277 g/mol. The molecule has 2 aromatic heterocycles. The molecule has 1 saturated carbocycles. The van der Waals surface area contributed by atoms with Gasteiger partial charge in [0.2, 0.25) is 0 Å². The molecule has 3 rings (SSSR count). The molecule has 0 bridgehead atoms. The van der Waals surface area contributed by atoms with Crippen molar-refractivity contribution >= 4 is 11.3 Å². The van der Waals surface area contributed by atoms with Crippen LogP contribution in [0.1, 0.15) is 31.7 Å². The summed E-state index contributed by atoms with van der Waals surface area (Å²) < 4.78 is 2.22. The molecule has 2 unspecified atom stereocenters. The van der Waals surface area contributed by atoms with Gasteiger partial charge in [0.05, 0.1) is 11.5 Å². The lowest BCUT2D eigenvalue weighted by Crippen LogP contribution is -2.47. The van der Waals surface area contributed by atoms with Gasteiger partial charge in [0.25, 0.3) is 0 Å². The van der Waals surface area contributed by atoms with Crippen LogP contribution >= 0.6 is 11.3 Å². The first kappa shape index (κ1) is 12.8. The SMILES string of the molecule is NC1(CO)CCCC(n2ccnc2-c2cccs2)C1. The number of thiophene rings is 1. The van der Waals surface area contributed by atoms with Crippen molar-refractivity contribution in [3.8, 4) is 10.7 Å². The molecule has 1 aliphatic carbocycles. The average Bonchev–Trinajstić information content (AvgIpc) is 3.09. The first-order valence-electron chi connectivity index (χ1n) is 6.68. The van der Waals surface area contributed by atoms with Gasteiger partial charge in [-0.2, -0.15) is 0 Å². The van der Waals surface area contributed by atoms with Crippen molar-refractivity contribution in [2.45, 2.75) is 37.3 Å².